The molecule has 0 saturated carbocycles. The molecular formula is C32H31N5O3. The molecule has 6 rings (SSSR count). The molecule has 0 aliphatic carbocycles. The number of carbonyl (C=O) groups excluding carboxylic acids is 1. The van der Waals surface area contributed by atoms with Gasteiger partial charge < -0.3 is 24.3 Å². The van der Waals surface area contributed by atoms with E-state index in [-0.39, 0.29) is 6.03 Å². The van der Waals surface area contributed by atoms with Gasteiger partial charge in [-0.2, -0.15) is 5.10 Å². The lowest BCUT2D eigenvalue weighted by Crippen LogP contribution is -2.38. The molecule has 5 aromatic rings. The molecule has 202 valence electrons. The number of anilines is 1. The Morgan fingerprint density at radius 3 is 2.42 bits per heavy atom. The zero-order valence-corrected chi connectivity index (χ0v) is 22.7. The first-order valence-electron chi connectivity index (χ1n) is 13.3. The van der Waals surface area contributed by atoms with Crippen LogP contribution >= 0.6 is 0 Å². The molecule has 0 fully saturated rings. The van der Waals surface area contributed by atoms with Crippen molar-refractivity contribution >= 4 is 11.7 Å². The third kappa shape index (κ3) is 4.47. The Morgan fingerprint density at radius 1 is 0.925 bits per heavy atom. The monoisotopic (exact) mass is 533 g/mol. The number of aromatic nitrogens is 3. The van der Waals surface area contributed by atoms with Crippen LogP contribution < -0.4 is 14.8 Å². The fraction of sp³-hybridized carbons (Fsp3) is 0.188. The molecule has 8 heteroatoms. The molecule has 3 heterocycles. The third-order valence-corrected chi connectivity index (χ3v) is 7.30. The van der Waals surface area contributed by atoms with E-state index in [0.717, 1.165) is 46.2 Å². The van der Waals surface area contributed by atoms with Crippen LogP contribution in [-0.4, -0.2) is 39.5 Å². The van der Waals surface area contributed by atoms with Crippen LogP contribution in [0.1, 0.15) is 35.5 Å². The zero-order valence-electron chi connectivity index (χ0n) is 22.7. The van der Waals surface area contributed by atoms with E-state index in [9.17, 15) is 4.79 Å². The molecule has 1 aliphatic rings. The molecule has 40 heavy (non-hydrogen) atoms. The fourth-order valence-corrected chi connectivity index (χ4v) is 5.41. The largest absolute Gasteiger partial charge is 0.497 e. The molecule has 0 bridgehead atoms. The van der Waals surface area contributed by atoms with E-state index < -0.39 is 6.04 Å². The summed E-state index contributed by atoms with van der Waals surface area (Å²) < 4.78 is 15.1. The number of hydrogen-bond acceptors (Lipinski definition) is 4. The van der Waals surface area contributed by atoms with Gasteiger partial charge in [0.25, 0.3) is 0 Å². The van der Waals surface area contributed by atoms with Crippen LogP contribution in [0.3, 0.4) is 0 Å². The maximum absolute atomic E-state index is 14.2. The molecule has 0 spiro atoms. The lowest BCUT2D eigenvalue weighted by molar-refractivity contribution is 0.194. The van der Waals surface area contributed by atoms with E-state index in [2.05, 4.69) is 22.9 Å². The number of para-hydroxylation sites is 1. The van der Waals surface area contributed by atoms with Gasteiger partial charge in [-0.25, -0.2) is 9.48 Å². The van der Waals surface area contributed by atoms with Gasteiger partial charge in [0.1, 0.15) is 17.3 Å². The average molecular weight is 534 g/mol. The van der Waals surface area contributed by atoms with Crippen LogP contribution in [0.4, 0.5) is 10.5 Å². The van der Waals surface area contributed by atoms with Gasteiger partial charge in [-0.15, -0.1) is 0 Å². The minimum Gasteiger partial charge on any atom is -0.497 e. The number of ether oxygens (including phenoxy) is 2. The topological polar surface area (TPSA) is 73.6 Å². The molecule has 0 unspecified atom stereocenters. The van der Waals surface area contributed by atoms with E-state index in [1.807, 2.05) is 101 Å². The Morgan fingerprint density at radius 2 is 1.68 bits per heavy atom. The Bertz CT molecular complexity index is 1660. The van der Waals surface area contributed by atoms with Gasteiger partial charge >= 0.3 is 6.03 Å². The maximum atomic E-state index is 14.2. The first-order valence-corrected chi connectivity index (χ1v) is 13.3. The van der Waals surface area contributed by atoms with E-state index in [1.54, 1.807) is 14.2 Å². The number of nitrogens with one attached hydrogen (secondary N) is 1. The number of urea groups is 1. The Labute approximate surface area is 233 Å². The summed E-state index contributed by atoms with van der Waals surface area (Å²) in [5.74, 6) is 2.34. The van der Waals surface area contributed by atoms with Gasteiger partial charge in [0, 0.05) is 23.5 Å². The summed E-state index contributed by atoms with van der Waals surface area (Å²) >= 11 is 0. The molecular weight excluding hydrogens is 502 g/mol. The summed E-state index contributed by atoms with van der Waals surface area (Å²) in [5.41, 5.74) is 5.48. The fourth-order valence-electron chi connectivity index (χ4n) is 5.41. The van der Waals surface area contributed by atoms with Crippen LogP contribution in [0.5, 0.6) is 11.5 Å². The molecule has 2 aromatic heterocycles. The minimum atomic E-state index is -0.392. The molecule has 0 radical (unpaired) electrons. The summed E-state index contributed by atoms with van der Waals surface area (Å²) in [4.78, 5) is 16.1. The van der Waals surface area contributed by atoms with Crippen molar-refractivity contribution in [1.29, 1.82) is 0 Å². The summed E-state index contributed by atoms with van der Waals surface area (Å²) in [7, 11) is 3.26. The summed E-state index contributed by atoms with van der Waals surface area (Å²) in [6.45, 7) is 2.46. The van der Waals surface area contributed by atoms with Gasteiger partial charge in [0.05, 0.1) is 43.9 Å². The number of nitrogens with zero attached hydrogens (tertiary/aromatic N) is 4. The standard InChI is InChI=1S/C32H31N5O3/c1-4-28-27-21-36(32(38)33-23-12-9-16-26(20-23)40-3)30(22-11-8-15-25(19-22)39-2)29-17-10-18-35(29)31(27)37(34-28)24-13-6-5-7-14-24/h5-20,30H,4,21H2,1-3H3,(H,33,38)/t30-/m1/s1. The number of methoxy groups -OCH3 is 2. The van der Waals surface area contributed by atoms with Crippen molar-refractivity contribution in [2.75, 3.05) is 19.5 Å². The van der Waals surface area contributed by atoms with Gasteiger partial charge in [-0.3, -0.25) is 0 Å². The number of hydrogen-bond donors (Lipinski definition) is 1. The summed E-state index contributed by atoms with van der Waals surface area (Å²) in [6, 6.07) is 28.9. The van der Waals surface area contributed by atoms with Crippen LogP contribution in [0.2, 0.25) is 0 Å². The van der Waals surface area contributed by atoms with Crippen LogP contribution in [0.25, 0.3) is 11.5 Å². The second kappa shape index (κ2) is 10.6. The number of carbonyl (C=O) groups is 1. The van der Waals surface area contributed by atoms with Crippen molar-refractivity contribution in [1.82, 2.24) is 19.2 Å². The zero-order chi connectivity index (χ0) is 27.6. The molecule has 3 aromatic carbocycles. The van der Waals surface area contributed by atoms with Gasteiger partial charge in [0.15, 0.2) is 0 Å². The van der Waals surface area contributed by atoms with E-state index >= 15 is 0 Å². The number of aryl methyl sites for hydroxylation is 1. The minimum absolute atomic E-state index is 0.226. The summed E-state index contributed by atoms with van der Waals surface area (Å²) in [6.07, 6.45) is 2.78. The van der Waals surface area contributed by atoms with E-state index in [1.165, 1.54) is 0 Å². The Hall–Kier alpha value is -4.98. The molecule has 2 amide bonds. The SMILES string of the molecule is CCc1nn(-c2ccccc2)c2c1CN(C(=O)Nc1cccc(OC)c1)[C@H](c1cccc(OC)c1)c1cccn1-2. The van der Waals surface area contributed by atoms with Gasteiger partial charge in [-0.1, -0.05) is 43.3 Å². The molecule has 1 N–H and O–H groups in total. The average Bonchev–Trinajstić information content (AvgIpc) is 3.58. The quantitative estimate of drug-likeness (QED) is 0.275. The normalized spacial score (nSPS) is 14.2. The lowest BCUT2D eigenvalue weighted by atomic mass is 10.0. The predicted octanol–water partition coefficient (Wildman–Crippen LogP) is 6.38. The van der Waals surface area contributed by atoms with Crippen LogP contribution in [0, 0.1) is 0 Å². The highest BCUT2D eigenvalue weighted by Gasteiger charge is 2.36. The maximum Gasteiger partial charge on any atom is 0.322 e. The summed E-state index contributed by atoms with van der Waals surface area (Å²) in [5, 5.41) is 8.14. The van der Waals surface area contributed by atoms with Crippen LogP contribution in [-0.2, 0) is 13.0 Å². The molecule has 1 atom stereocenters. The van der Waals surface area contributed by atoms with Crippen molar-refractivity contribution in [3.8, 4) is 23.0 Å². The number of rotatable bonds is 6. The van der Waals surface area contributed by atoms with Gasteiger partial charge in [-0.05, 0) is 60.5 Å². The second-order valence-electron chi connectivity index (χ2n) is 9.62. The van der Waals surface area contributed by atoms with Crippen molar-refractivity contribution < 1.29 is 14.3 Å². The first-order chi connectivity index (χ1) is 19.6. The Balaban J connectivity index is 1.54. The molecule has 0 saturated heterocycles. The lowest BCUT2D eigenvalue weighted by Gasteiger charge is -2.31. The highest BCUT2D eigenvalue weighted by atomic mass is 16.5. The number of amides is 2. The van der Waals surface area contributed by atoms with E-state index in [4.69, 9.17) is 14.6 Å². The van der Waals surface area contributed by atoms with E-state index in [0.29, 0.717) is 18.0 Å². The second-order valence-corrected chi connectivity index (χ2v) is 9.62. The highest BCUT2D eigenvalue weighted by Crippen LogP contribution is 2.39. The predicted molar refractivity (Wildman–Crippen MR) is 155 cm³/mol. The Kier molecular flexibility index (Phi) is 6.74. The third-order valence-electron chi connectivity index (χ3n) is 7.30. The van der Waals surface area contributed by atoms with Crippen LogP contribution in [0.15, 0.2) is 97.2 Å². The van der Waals surface area contributed by atoms with Crippen molar-refractivity contribution in [2.24, 2.45) is 0 Å². The molecule has 1 aliphatic heterocycles. The number of benzene rings is 3. The van der Waals surface area contributed by atoms with Crippen molar-refractivity contribution in [2.45, 2.75) is 25.9 Å². The van der Waals surface area contributed by atoms with Crippen molar-refractivity contribution in [3.05, 3.63) is 120 Å². The smallest absolute Gasteiger partial charge is 0.322 e. The molecule has 8 nitrogen and oxygen atoms in total. The highest BCUT2D eigenvalue weighted by molar-refractivity contribution is 5.90. The van der Waals surface area contributed by atoms with Crippen molar-refractivity contribution in [3.63, 3.8) is 0 Å². The number of fused-ring (bicyclic) bond motifs is 3. The first kappa shape index (κ1) is 25.3. The van der Waals surface area contributed by atoms with Gasteiger partial charge in [0.2, 0.25) is 0 Å².